The lowest BCUT2D eigenvalue weighted by atomic mass is 10.2. The highest BCUT2D eigenvalue weighted by molar-refractivity contribution is 9.10. The summed E-state index contributed by atoms with van der Waals surface area (Å²) in [4.78, 5) is 12.2. The predicted molar refractivity (Wildman–Crippen MR) is 115 cm³/mol. The Balaban J connectivity index is 1.43. The Morgan fingerprint density at radius 2 is 2.00 bits per heavy atom. The van der Waals surface area contributed by atoms with Crippen molar-refractivity contribution in [1.82, 2.24) is 14.8 Å². The number of rotatable bonds is 5. The number of furan rings is 1. The number of nitrogens with zero attached hydrogens (tertiary/aromatic N) is 3. The lowest BCUT2D eigenvalue weighted by Crippen LogP contribution is -2.15. The van der Waals surface area contributed by atoms with Crippen LogP contribution in [0.3, 0.4) is 0 Å². The number of carbonyl (C=O) groups excluding carboxylic acids is 1. The van der Waals surface area contributed by atoms with Gasteiger partial charge in [-0.05, 0) is 42.5 Å². The number of amides is 1. The van der Waals surface area contributed by atoms with Crippen molar-refractivity contribution < 1.29 is 22.4 Å². The van der Waals surface area contributed by atoms with Gasteiger partial charge in [0.05, 0.1) is 11.3 Å². The minimum absolute atomic E-state index is 0.0463. The molecule has 11 heteroatoms. The maximum absolute atomic E-state index is 12.8. The molecular weight excluding hydrogens is 497 g/mol. The molecule has 2 aromatic carbocycles. The number of aromatic nitrogens is 3. The van der Waals surface area contributed by atoms with Crippen LogP contribution in [0.1, 0.15) is 5.56 Å². The smallest absolute Gasteiger partial charge is 0.416 e. The summed E-state index contributed by atoms with van der Waals surface area (Å²) in [5.74, 6) is 0.522. The van der Waals surface area contributed by atoms with Crippen LogP contribution in [0, 0.1) is 0 Å². The third-order valence-corrected chi connectivity index (χ3v) is 5.85. The third kappa shape index (κ3) is 4.77. The first kappa shape index (κ1) is 21.4. The minimum atomic E-state index is -4.47. The second-order valence-electron chi connectivity index (χ2n) is 6.57. The van der Waals surface area contributed by atoms with E-state index in [4.69, 9.17) is 4.42 Å². The van der Waals surface area contributed by atoms with E-state index >= 15 is 0 Å². The number of nitrogens with one attached hydrogen (secondary N) is 1. The monoisotopic (exact) mass is 510 g/mol. The van der Waals surface area contributed by atoms with Crippen molar-refractivity contribution in [1.29, 1.82) is 0 Å². The molecule has 2 heterocycles. The molecule has 2 aromatic heterocycles. The Bertz CT molecular complexity index is 1270. The Kier molecular flexibility index (Phi) is 5.80. The molecule has 0 saturated heterocycles. The number of alkyl halides is 3. The molecule has 0 bridgehead atoms. The second kappa shape index (κ2) is 8.39. The van der Waals surface area contributed by atoms with Crippen molar-refractivity contribution in [3.63, 3.8) is 0 Å². The van der Waals surface area contributed by atoms with Gasteiger partial charge in [-0.2, -0.15) is 13.2 Å². The first-order chi connectivity index (χ1) is 14.7. The lowest BCUT2D eigenvalue weighted by molar-refractivity contribution is -0.137. The van der Waals surface area contributed by atoms with E-state index in [2.05, 4.69) is 31.4 Å². The molecule has 0 spiro atoms. The van der Waals surface area contributed by atoms with Gasteiger partial charge < -0.3 is 14.3 Å². The molecule has 31 heavy (non-hydrogen) atoms. The molecular formula is C20H14BrF3N4O2S. The Morgan fingerprint density at radius 3 is 2.77 bits per heavy atom. The van der Waals surface area contributed by atoms with Gasteiger partial charge in [-0.3, -0.25) is 4.79 Å². The quantitative estimate of drug-likeness (QED) is 0.346. The summed E-state index contributed by atoms with van der Waals surface area (Å²) in [6.45, 7) is 0. The van der Waals surface area contributed by atoms with Crippen LogP contribution in [0.2, 0.25) is 0 Å². The topological polar surface area (TPSA) is 73.0 Å². The van der Waals surface area contributed by atoms with Crippen molar-refractivity contribution in [3.8, 4) is 11.6 Å². The van der Waals surface area contributed by atoms with Crippen LogP contribution in [0.4, 0.5) is 18.9 Å². The van der Waals surface area contributed by atoms with E-state index in [1.165, 1.54) is 12.1 Å². The van der Waals surface area contributed by atoms with Crippen molar-refractivity contribution >= 4 is 50.3 Å². The molecule has 0 radical (unpaired) electrons. The first-order valence-electron chi connectivity index (χ1n) is 8.89. The van der Waals surface area contributed by atoms with Gasteiger partial charge in [0.1, 0.15) is 5.58 Å². The average Bonchev–Trinajstić information content (AvgIpc) is 3.28. The zero-order chi connectivity index (χ0) is 22.2. The van der Waals surface area contributed by atoms with Crippen LogP contribution in [0.15, 0.2) is 62.6 Å². The minimum Gasteiger partial charge on any atom is -0.453 e. The molecule has 4 aromatic rings. The average molecular weight is 511 g/mol. The fourth-order valence-corrected chi connectivity index (χ4v) is 3.97. The van der Waals surface area contributed by atoms with Crippen molar-refractivity contribution in [2.45, 2.75) is 11.3 Å². The van der Waals surface area contributed by atoms with Crippen molar-refractivity contribution in [3.05, 3.63) is 58.6 Å². The Hall–Kier alpha value is -2.79. The molecule has 0 aliphatic rings. The van der Waals surface area contributed by atoms with Crippen molar-refractivity contribution in [2.75, 3.05) is 11.1 Å². The fraction of sp³-hybridized carbons (Fsp3) is 0.150. The summed E-state index contributed by atoms with van der Waals surface area (Å²) < 4.78 is 46.8. The van der Waals surface area contributed by atoms with E-state index in [0.717, 1.165) is 33.8 Å². The van der Waals surface area contributed by atoms with E-state index in [9.17, 15) is 18.0 Å². The normalized spacial score (nSPS) is 11.8. The predicted octanol–water partition coefficient (Wildman–Crippen LogP) is 5.74. The van der Waals surface area contributed by atoms with E-state index < -0.39 is 17.6 Å². The second-order valence-corrected chi connectivity index (χ2v) is 8.43. The maximum atomic E-state index is 12.8. The summed E-state index contributed by atoms with van der Waals surface area (Å²) >= 11 is 4.53. The fourth-order valence-electron chi connectivity index (χ4n) is 2.88. The molecule has 0 aliphatic heterocycles. The van der Waals surface area contributed by atoms with Crippen LogP contribution in [-0.2, 0) is 18.0 Å². The zero-order valence-corrected chi connectivity index (χ0v) is 18.3. The Morgan fingerprint density at radius 1 is 1.19 bits per heavy atom. The van der Waals surface area contributed by atoms with E-state index in [1.54, 1.807) is 11.6 Å². The van der Waals surface area contributed by atoms with Crippen LogP contribution >= 0.6 is 27.7 Å². The summed E-state index contributed by atoms with van der Waals surface area (Å²) in [5, 5.41) is 12.1. The Labute approximate surface area is 187 Å². The molecule has 0 aliphatic carbocycles. The highest BCUT2D eigenvalue weighted by Gasteiger charge is 2.30. The summed E-state index contributed by atoms with van der Waals surface area (Å²) in [6, 6.07) is 12.0. The van der Waals surface area contributed by atoms with Crippen LogP contribution in [0.5, 0.6) is 0 Å². The van der Waals surface area contributed by atoms with Crippen molar-refractivity contribution in [2.24, 2.45) is 7.05 Å². The van der Waals surface area contributed by atoms with Gasteiger partial charge in [-0.15, -0.1) is 10.2 Å². The first-order valence-corrected chi connectivity index (χ1v) is 10.7. The van der Waals surface area contributed by atoms with Gasteiger partial charge in [-0.1, -0.05) is 33.8 Å². The molecule has 160 valence electrons. The summed E-state index contributed by atoms with van der Waals surface area (Å²) in [5.41, 5.74) is -0.0443. The number of halogens is 4. The summed E-state index contributed by atoms with van der Waals surface area (Å²) in [6.07, 6.45) is -4.47. The molecule has 0 unspecified atom stereocenters. The molecule has 4 rings (SSSR count). The standard InChI is InChI=1S/C20H14BrF3N4O2S/c1-28-18(16-8-11-7-13(21)5-6-15(11)30-16)26-27-19(28)31-10-17(29)25-14-4-2-3-12(9-14)20(22,23)24/h2-9H,10H2,1H3,(H,25,29). The number of hydrogen-bond acceptors (Lipinski definition) is 5. The van der Waals surface area contributed by atoms with E-state index in [-0.39, 0.29) is 11.4 Å². The molecule has 1 N–H and O–H groups in total. The van der Waals surface area contributed by atoms with E-state index in [1.807, 2.05) is 24.3 Å². The molecule has 6 nitrogen and oxygen atoms in total. The number of carbonyl (C=O) groups is 1. The van der Waals surface area contributed by atoms with Gasteiger partial charge in [0, 0.05) is 22.6 Å². The summed E-state index contributed by atoms with van der Waals surface area (Å²) in [7, 11) is 1.74. The molecule has 0 atom stereocenters. The van der Waals surface area contributed by atoms with Gasteiger partial charge >= 0.3 is 6.18 Å². The molecule has 0 saturated carbocycles. The molecule has 0 fully saturated rings. The number of benzene rings is 2. The van der Waals surface area contributed by atoms with Crippen LogP contribution in [-0.4, -0.2) is 26.4 Å². The highest BCUT2D eigenvalue weighted by Crippen LogP contribution is 2.32. The number of fused-ring (bicyclic) bond motifs is 1. The van der Waals surface area contributed by atoms with Gasteiger partial charge in [0.15, 0.2) is 16.7 Å². The highest BCUT2D eigenvalue weighted by atomic mass is 79.9. The van der Waals surface area contributed by atoms with Gasteiger partial charge in [0.2, 0.25) is 5.91 Å². The maximum Gasteiger partial charge on any atom is 0.416 e. The van der Waals surface area contributed by atoms with E-state index in [0.29, 0.717) is 22.3 Å². The van der Waals surface area contributed by atoms with Crippen LogP contribution in [0.25, 0.3) is 22.6 Å². The lowest BCUT2D eigenvalue weighted by Gasteiger charge is -2.09. The van der Waals surface area contributed by atoms with Gasteiger partial charge in [-0.25, -0.2) is 0 Å². The number of anilines is 1. The zero-order valence-electron chi connectivity index (χ0n) is 15.9. The third-order valence-electron chi connectivity index (χ3n) is 4.34. The van der Waals surface area contributed by atoms with Gasteiger partial charge in [0.25, 0.3) is 0 Å². The largest absolute Gasteiger partial charge is 0.453 e. The van der Waals surface area contributed by atoms with Crippen LogP contribution < -0.4 is 5.32 Å². The molecule has 1 amide bonds. The SMILES string of the molecule is Cn1c(SCC(=O)Nc2cccc(C(F)(F)F)c2)nnc1-c1cc2cc(Br)ccc2o1. The number of thioether (sulfide) groups is 1. The number of hydrogen-bond donors (Lipinski definition) is 1.